The molecule has 1 N–H and O–H groups in total. The van der Waals surface area contributed by atoms with Gasteiger partial charge >= 0.3 is 0 Å². The lowest BCUT2D eigenvalue weighted by Crippen LogP contribution is -2.25. The van der Waals surface area contributed by atoms with Crippen LogP contribution in [-0.2, 0) is 5.41 Å². The second kappa shape index (κ2) is 10.7. The van der Waals surface area contributed by atoms with Gasteiger partial charge in [0, 0.05) is 11.1 Å². The fourth-order valence-corrected chi connectivity index (χ4v) is 7.62. The molecule has 0 bridgehead atoms. The molecule has 0 saturated carbocycles. The molecule has 0 spiro atoms. The molecule has 9 rings (SSSR count). The molecule has 1 heterocycles. The highest BCUT2D eigenvalue weighted by molar-refractivity contribution is 6.13. The van der Waals surface area contributed by atoms with E-state index in [4.69, 9.17) is 4.99 Å². The van der Waals surface area contributed by atoms with Crippen molar-refractivity contribution in [3.8, 4) is 22.3 Å². The normalized spacial score (nSPS) is 16.3. The molecule has 1 unspecified atom stereocenters. The first-order valence-corrected chi connectivity index (χ1v) is 16.4. The molecular weight excluding hydrogens is 569 g/mol. The maximum Gasteiger partial charge on any atom is 0.145 e. The second-order valence-corrected chi connectivity index (χ2v) is 13.2. The molecule has 0 radical (unpaired) electrons. The summed E-state index contributed by atoms with van der Waals surface area (Å²) in [6.07, 6.45) is 2.04. The van der Waals surface area contributed by atoms with Gasteiger partial charge in [0.05, 0.1) is 5.71 Å². The highest BCUT2D eigenvalue weighted by Gasteiger charge is 2.38. The number of fused-ring (bicyclic) bond motifs is 5. The average molecular weight is 603 g/mol. The Hall–Kier alpha value is -5.73. The van der Waals surface area contributed by atoms with Crippen LogP contribution in [0, 0.1) is 0 Å². The van der Waals surface area contributed by atoms with Crippen LogP contribution in [0.5, 0.6) is 0 Å². The SMILES string of the molecule is CC1(C)c2cc(C3=CC(c4ccccc4)=NC(c4ccccc4)N3)ccc2-c2c1cc1ccccc1c2-c1ccc2ccccc2c1. The lowest BCUT2D eigenvalue weighted by Gasteiger charge is -2.26. The number of rotatable bonds is 4. The van der Waals surface area contributed by atoms with Crippen molar-refractivity contribution in [2.75, 3.05) is 0 Å². The van der Waals surface area contributed by atoms with Crippen molar-refractivity contribution in [1.29, 1.82) is 0 Å². The van der Waals surface area contributed by atoms with E-state index in [1.807, 2.05) is 0 Å². The Morgan fingerprint density at radius 3 is 2.02 bits per heavy atom. The van der Waals surface area contributed by atoms with Crippen molar-refractivity contribution >= 4 is 33.0 Å². The van der Waals surface area contributed by atoms with Gasteiger partial charge in [-0.1, -0.05) is 147 Å². The average Bonchev–Trinajstić information content (AvgIpc) is 3.36. The summed E-state index contributed by atoms with van der Waals surface area (Å²) in [5, 5.41) is 8.88. The molecule has 2 nitrogen and oxygen atoms in total. The smallest absolute Gasteiger partial charge is 0.145 e. The molecule has 1 aliphatic heterocycles. The van der Waals surface area contributed by atoms with Gasteiger partial charge < -0.3 is 5.32 Å². The third kappa shape index (κ3) is 4.52. The molecule has 2 heteroatoms. The molecule has 0 fully saturated rings. The summed E-state index contributed by atoms with van der Waals surface area (Å²) in [5.41, 5.74) is 13.3. The van der Waals surface area contributed by atoms with E-state index < -0.39 is 0 Å². The third-order valence-corrected chi connectivity index (χ3v) is 10.1. The van der Waals surface area contributed by atoms with Crippen molar-refractivity contribution < 1.29 is 0 Å². The predicted molar refractivity (Wildman–Crippen MR) is 198 cm³/mol. The summed E-state index contributed by atoms with van der Waals surface area (Å²) in [7, 11) is 0. The zero-order chi connectivity index (χ0) is 31.5. The van der Waals surface area contributed by atoms with Gasteiger partial charge in [0.25, 0.3) is 0 Å². The Kier molecular flexibility index (Phi) is 6.26. The van der Waals surface area contributed by atoms with E-state index in [0.717, 1.165) is 22.5 Å². The van der Waals surface area contributed by atoms with E-state index in [0.29, 0.717) is 0 Å². The van der Waals surface area contributed by atoms with Gasteiger partial charge in [-0.05, 0) is 95.9 Å². The van der Waals surface area contributed by atoms with Gasteiger partial charge in [0.2, 0.25) is 0 Å². The summed E-state index contributed by atoms with van der Waals surface area (Å²) >= 11 is 0. The Morgan fingerprint density at radius 1 is 0.532 bits per heavy atom. The standard InChI is InChI=1S/C45H34N2/c1-45(2)38-27-34(41-28-40(30-14-5-3-6-15-30)46-44(47-41)31-16-7-4-8-17-31)23-24-37(38)43-39(45)26-33-19-11-12-20-36(33)42(43)35-22-21-29-13-9-10-18-32(29)25-35/h3-28,44,47H,1-2H3. The minimum Gasteiger partial charge on any atom is -0.360 e. The predicted octanol–water partition coefficient (Wildman–Crippen LogP) is 11.1. The van der Waals surface area contributed by atoms with Crippen LogP contribution in [0.4, 0.5) is 0 Å². The maximum absolute atomic E-state index is 5.16. The number of hydrogen-bond donors (Lipinski definition) is 1. The zero-order valence-corrected chi connectivity index (χ0v) is 26.5. The number of nitrogens with one attached hydrogen (secondary N) is 1. The molecule has 224 valence electrons. The van der Waals surface area contributed by atoms with Crippen LogP contribution in [-0.4, -0.2) is 5.71 Å². The molecule has 47 heavy (non-hydrogen) atoms. The monoisotopic (exact) mass is 602 g/mol. The lowest BCUT2D eigenvalue weighted by atomic mass is 9.80. The van der Waals surface area contributed by atoms with Gasteiger partial charge in [-0.2, -0.15) is 0 Å². The summed E-state index contributed by atoms with van der Waals surface area (Å²) < 4.78 is 0. The number of nitrogens with zero attached hydrogens (tertiary/aromatic N) is 1. The molecule has 1 aliphatic carbocycles. The van der Waals surface area contributed by atoms with Gasteiger partial charge in [-0.3, -0.25) is 4.99 Å². The minimum atomic E-state index is -0.180. The largest absolute Gasteiger partial charge is 0.360 e. The van der Waals surface area contributed by atoms with Crippen molar-refractivity contribution in [3.63, 3.8) is 0 Å². The summed E-state index contributed by atoms with van der Waals surface area (Å²) in [6.45, 7) is 4.76. The van der Waals surface area contributed by atoms with E-state index >= 15 is 0 Å². The summed E-state index contributed by atoms with van der Waals surface area (Å²) in [5.74, 6) is 0. The molecule has 2 aliphatic rings. The van der Waals surface area contributed by atoms with Gasteiger partial charge in [0.15, 0.2) is 0 Å². The first-order valence-electron chi connectivity index (χ1n) is 16.4. The highest BCUT2D eigenvalue weighted by atomic mass is 15.1. The molecule has 1 atom stereocenters. The molecule has 7 aromatic rings. The fraction of sp³-hybridized carbons (Fsp3) is 0.0889. The Labute approximate surface area is 275 Å². The van der Waals surface area contributed by atoms with Crippen LogP contribution in [0.15, 0.2) is 163 Å². The molecule has 7 aromatic carbocycles. The molecule has 0 aromatic heterocycles. The first kappa shape index (κ1) is 27.6. The van der Waals surface area contributed by atoms with Gasteiger partial charge in [0.1, 0.15) is 6.17 Å². The topological polar surface area (TPSA) is 24.4 Å². The Balaban J connectivity index is 1.22. The van der Waals surface area contributed by atoms with Gasteiger partial charge in [-0.15, -0.1) is 0 Å². The number of allylic oxidation sites excluding steroid dienone is 1. The maximum atomic E-state index is 5.16. The van der Waals surface area contributed by atoms with Crippen molar-refractivity contribution in [2.24, 2.45) is 4.99 Å². The second-order valence-electron chi connectivity index (χ2n) is 13.2. The lowest BCUT2D eigenvalue weighted by molar-refractivity contribution is 0.656. The van der Waals surface area contributed by atoms with Crippen LogP contribution in [0.1, 0.15) is 47.8 Å². The Bertz CT molecular complexity index is 2400. The third-order valence-electron chi connectivity index (χ3n) is 10.1. The number of benzene rings is 7. The van der Waals surface area contributed by atoms with Crippen LogP contribution >= 0.6 is 0 Å². The van der Waals surface area contributed by atoms with E-state index in [-0.39, 0.29) is 11.6 Å². The van der Waals surface area contributed by atoms with E-state index in [2.05, 4.69) is 177 Å². The van der Waals surface area contributed by atoms with Crippen LogP contribution in [0.25, 0.3) is 49.5 Å². The summed E-state index contributed by atoms with van der Waals surface area (Å²) in [4.78, 5) is 5.16. The van der Waals surface area contributed by atoms with E-state index in [9.17, 15) is 0 Å². The highest BCUT2D eigenvalue weighted by Crippen LogP contribution is 2.55. The quantitative estimate of drug-likeness (QED) is 0.213. The van der Waals surface area contributed by atoms with Crippen molar-refractivity contribution in [2.45, 2.75) is 25.4 Å². The number of aliphatic imine (C=N–C) groups is 1. The van der Waals surface area contributed by atoms with Crippen molar-refractivity contribution in [1.82, 2.24) is 5.32 Å². The van der Waals surface area contributed by atoms with E-state index in [1.165, 1.54) is 60.5 Å². The summed E-state index contributed by atoms with van der Waals surface area (Å²) in [6, 6.07) is 54.9. The van der Waals surface area contributed by atoms with E-state index in [1.54, 1.807) is 0 Å². The molecule has 0 amide bonds. The van der Waals surface area contributed by atoms with Crippen LogP contribution < -0.4 is 5.32 Å². The number of hydrogen-bond acceptors (Lipinski definition) is 2. The van der Waals surface area contributed by atoms with Crippen LogP contribution in [0.2, 0.25) is 0 Å². The molecular formula is C45H34N2. The first-order chi connectivity index (χ1) is 23.0. The zero-order valence-electron chi connectivity index (χ0n) is 26.5. The van der Waals surface area contributed by atoms with Crippen LogP contribution in [0.3, 0.4) is 0 Å². The van der Waals surface area contributed by atoms with Crippen molar-refractivity contribution in [3.05, 3.63) is 186 Å². The minimum absolute atomic E-state index is 0.172. The Morgan fingerprint density at radius 2 is 1.21 bits per heavy atom. The fourth-order valence-electron chi connectivity index (χ4n) is 7.62. The molecule has 0 saturated heterocycles. The van der Waals surface area contributed by atoms with Gasteiger partial charge in [-0.25, -0.2) is 0 Å².